The first kappa shape index (κ1) is 37.4. The number of sulfone groups is 1. The second kappa shape index (κ2) is 14.2. The zero-order chi connectivity index (χ0) is 34.9. The largest absolute Gasteiger partial charge is 0.346 e. The van der Waals surface area contributed by atoms with E-state index in [0.29, 0.717) is 32.1 Å². The molecule has 0 radical (unpaired) electrons. The molecule has 4 fully saturated rings. The number of hydrogen-bond acceptors (Lipinski definition) is 7. The topological polar surface area (TPSA) is 171 Å². The molecular weight excluding hydrogens is 669 g/mol. The molecular formula is C32H49Cl2N5O7S. The SMILES string of the molecule is C=CCNC(=O)C(=O)[C@H](CCC)NC(=O)[C@@H]1[C@@H]2[C@H](CN1C(=O)[C@@H](NC(=O)NC1(C3CCCS3(=O)=O)CCCCC1)C(C)(C)C)C2(Cl)Cl. The fourth-order valence-corrected chi connectivity index (χ4v) is 10.9. The van der Waals surface area contributed by atoms with Crippen LogP contribution in [0.2, 0.25) is 0 Å². The normalized spacial score (nSPS) is 28.3. The van der Waals surface area contributed by atoms with E-state index >= 15 is 0 Å². The van der Waals surface area contributed by atoms with Gasteiger partial charge in [0.2, 0.25) is 17.6 Å². The lowest BCUT2D eigenvalue weighted by atomic mass is 9.78. The van der Waals surface area contributed by atoms with Gasteiger partial charge in [-0.05, 0) is 37.5 Å². The Morgan fingerprint density at radius 3 is 2.26 bits per heavy atom. The third kappa shape index (κ3) is 7.77. The van der Waals surface area contributed by atoms with Gasteiger partial charge in [-0.1, -0.05) is 59.5 Å². The molecule has 0 aromatic heterocycles. The van der Waals surface area contributed by atoms with E-state index in [1.54, 1.807) is 20.8 Å². The molecule has 264 valence electrons. The van der Waals surface area contributed by atoms with Gasteiger partial charge in [-0.25, -0.2) is 13.2 Å². The maximum atomic E-state index is 14.3. The van der Waals surface area contributed by atoms with Crippen molar-refractivity contribution < 1.29 is 32.4 Å². The van der Waals surface area contributed by atoms with Crippen molar-refractivity contribution in [3.8, 4) is 0 Å². The monoisotopic (exact) mass is 717 g/mol. The minimum absolute atomic E-state index is 0.0565. The summed E-state index contributed by atoms with van der Waals surface area (Å²) in [6.07, 6.45) is 6.75. The molecule has 2 saturated heterocycles. The van der Waals surface area contributed by atoms with Crippen molar-refractivity contribution in [1.29, 1.82) is 0 Å². The molecule has 0 bridgehead atoms. The fraction of sp³-hybridized carbons (Fsp3) is 0.781. The highest BCUT2D eigenvalue weighted by molar-refractivity contribution is 7.92. The van der Waals surface area contributed by atoms with Crippen LogP contribution in [0.5, 0.6) is 0 Å². The van der Waals surface area contributed by atoms with Crippen LogP contribution < -0.4 is 21.3 Å². The van der Waals surface area contributed by atoms with Crippen LogP contribution in [0.3, 0.4) is 0 Å². The smallest absolute Gasteiger partial charge is 0.315 e. The van der Waals surface area contributed by atoms with Crippen LogP contribution in [0.4, 0.5) is 4.79 Å². The van der Waals surface area contributed by atoms with Gasteiger partial charge in [-0.15, -0.1) is 29.8 Å². The van der Waals surface area contributed by atoms with E-state index in [1.165, 1.54) is 11.0 Å². The first-order valence-corrected chi connectivity index (χ1v) is 19.1. The number of halogens is 2. The van der Waals surface area contributed by atoms with Crippen molar-refractivity contribution >= 4 is 62.6 Å². The summed E-state index contributed by atoms with van der Waals surface area (Å²) in [5.41, 5.74) is -1.74. The van der Waals surface area contributed by atoms with Crippen LogP contribution in [0.15, 0.2) is 12.7 Å². The number of rotatable bonds is 12. The fourth-order valence-electron chi connectivity index (χ4n) is 7.69. The van der Waals surface area contributed by atoms with Crippen molar-refractivity contribution in [1.82, 2.24) is 26.2 Å². The number of amides is 5. The summed E-state index contributed by atoms with van der Waals surface area (Å²) >= 11 is 13.1. The van der Waals surface area contributed by atoms with E-state index in [2.05, 4.69) is 27.8 Å². The molecule has 0 aromatic carbocycles. The molecule has 2 saturated carbocycles. The van der Waals surface area contributed by atoms with Crippen molar-refractivity contribution in [2.24, 2.45) is 17.3 Å². The Bertz CT molecular complexity index is 1380. The number of urea groups is 1. The van der Waals surface area contributed by atoms with E-state index in [0.717, 1.165) is 19.3 Å². The maximum absolute atomic E-state index is 14.3. The Morgan fingerprint density at radius 2 is 1.70 bits per heavy atom. The standard InChI is InChI=1S/C32H49Cl2N5O7S/c1-6-12-20(24(40)27(42)35-16-7-2)36-26(41)23-22-19(32(22,33)34)18-39(23)28(43)25(30(3,4)5)37-29(44)38-31(14-9-8-10-15-31)21-13-11-17-47(21,45)46/h7,19-23,25H,2,6,8-18H2,1,3-5H3,(H,35,42)(H,36,41)(H2,37,38,44)/t19-,20-,21?,22-,23-,25+/m0/s1. The van der Waals surface area contributed by atoms with E-state index < -0.39 is 89.9 Å². The molecule has 2 heterocycles. The summed E-state index contributed by atoms with van der Waals surface area (Å²) < 4.78 is 24.7. The van der Waals surface area contributed by atoms with Gasteiger partial charge < -0.3 is 26.2 Å². The average molecular weight is 719 g/mol. The first-order chi connectivity index (χ1) is 21.9. The number of alkyl halides is 2. The van der Waals surface area contributed by atoms with E-state index in [4.69, 9.17) is 23.2 Å². The zero-order valence-electron chi connectivity index (χ0n) is 27.7. The molecule has 4 N–H and O–H groups in total. The van der Waals surface area contributed by atoms with Crippen molar-refractivity contribution in [2.45, 2.75) is 119 Å². The van der Waals surface area contributed by atoms with E-state index in [1.807, 2.05) is 6.92 Å². The summed E-state index contributed by atoms with van der Waals surface area (Å²) in [6, 6.07) is -4.02. The van der Waals surface area contributed by atoms with Crippen LogP contribution in [-0.4, -0.2) is 94.9 Å². The molecule has 0 spiro atoms. The highest BCUT2D eigenvalue weighted by atomic mass is 35.5. The molecule has 12 nitrogen and oxygen atoms in total. The number of Topliss-reactive ketones (excluding diaryl/α,β-unsaturated/α-hetero) is 1. The van der Waals surface area contributed by atoms with Crippen molar-refractivity contribution in [3.63, 3.8) is 0 Å². The van der Waals surface area contributed by atoms with Crippen LogP contribution in [-0.2, 0) is 29.0 Å². The van der Waals surface area contributed by atoms with Gasteiger partial charge in [0.1, 0.15) is 16.4 Å². The first-order valence-electron chi connectivity index (χ1n) is 16.6. The maximum Gasteiger partial charge on any atom is 0.315 e. The highest BCUT2D eigenvalue weighted by Gasteiger charge is 2.74. The minimum atomic E-state index is -3.38. The van der Waals surface area contributed by atoms with Crippen LogP contribution in [0.1, 0.15) is 85.5 Å². The lowest BCUT2D eigenvalue weighted by Gasteiger charge is -2.43. The number of nitrogens with one attached hydrogen (secondary N) is 4. The number of fused-ring (bicyclic) bond motifs is 1. The summed E-state index contributed by atoms with van der Waals surface area (Å²) in [7, 11) is -3.38. The van der Waals surface area contributed by atoms with Crippen molar-refractivity contribution in [3.05, 3.63) is 12.7 Å². The van der Waals surface area contributed by atoms with Gasteiger partial charge in [0.05, 0.1) is 22.6 Å². The number of nitrogens with zero attached hydrogens (tertiary/aromatic N) is 1. The quantitative estimate of drug-likeness (QED) is 0.137. The number of carbonyl (C=O) groups excluding carboxylic acids is 5. The molecule has 4 rings (SSSR count). The summed E-state index contributed by atoms with van der Waals surface area (Å²) in [4.78, 5) is 68.5. The number of hydrogen-bond donors (Lipinski definition) is 4. The minimum Gasteiger partial charge on any atom is -0.346 e. The molecule has 1 unspecified atom stereocenters. The Hall–Kier alpha value is -2.38. The van der Waals surface area contributed by atoms with Gasteiger partial charge >= 0.3 is 6.03 Å². The van der Waals surface area contributed by atoms with Crippen LogP contribution >= 0.6 is 23.2 Å². The molecule has 2 aliphatic heterocycles. The van der Waals surface area contributed by atoms with Crippen LogP contribution in [0.25, 0.3) is 0 Å². The summed E-state index contributed by atoms with van der Waals surface area (Å²) in [5, 5.41) is 10.3. The second-order valence-corrected chi connectivity index (χ2v) is 18.3. The third-order valence-corrected chi connectivity index (χ3v) is 13.6. The van der Waals surface area contributed by atoms with Gasteiger partial charge in [-0.2, -0.15) is 0 Å². The Balaban J connectivity index is 1.55. The molecule has 47 heavy (non-hydrogen) atoms. The zero-order valence-corrected chi connectivity index (χ0v) is 30.0. The number of ketones is 1. The molecule has 0 aromatic rings. The van der Waals surface area contributed by atoms with Gasteiger partial charge in [-0.3, -0.25) is 19.2 Å². The lowest BCUT2D eigenvalue weighted by molar-refractivity contribution is -0.144. The molecule has 15 heteroatoms. The third-order valence-electron chi connectivity index (χ3n) is 10.2. The lowest BCUT2D eigenvalue weighted by Crippen LogP contribution is -2.65. The Kier molecular flexibility index (Phi) is 11.3. The van der Waals surface area contributed by atoms with Gasteiger partial charge in [0.15, 0.2) is 9.84 Å². The average Bonchev–Trinajstić information content (AvgIpc) is 3.30. The van der Waals surface area contributed by atoms with Crippen LogP contribution in [0, 0.1) is 17.3 Å². The summed E-state index contributed by atoms with van der Waals surface area (Å²) in [5.74, 6) is -3.80. The number of carbonyl (C=O) groups is 5. The van der Waals surface area contributed by atoms with E-state index in [-0.39, 0.29) is 25.3 Å². The Morgan fingerprint density at radius 1 is 1.04 bits per heavy atom. The van der Waals surface area contributed by atoms with Gasteiger partial charge in [0.25, 0.3) is 5.91 Å². The molecule has 6 atom stereocenters. The summed E-state index contributed by atoms with van der Waals surface area (Å²) in [6.45, 7) is 10.8. The predicted octanol–water partition coefficient (Wildman–Crippen LogP) is 2.77. The Labute approximate surface area is 287 Å². The van der Waals surface area contributed by atoms with Crippen molar-refractivity contribution in [2.75, 3.05) is 18.8 Å². The second-order valence-electron chi connectivity index (χ2n) is 14.6. The molecule has 2 aliphatic carbocycles. The van der Waals surface area contributed by atoms with E-state index in [9.17, 15) is 32.4 Å². The number of likely N-dealkylation sites (tertiary alicyclic amines) is 1. The highest BCUT2D eigenvalue weighted by Crippen LogP contribution is 2.65. The number of piperidine rings is 1. The van der Waals surface area contributed by atoms with Gasteiger partial charge in [0, 0.05) is 24.9 Å². The molecule has 5 amide bonds. The predicted molar refractivity (Wildman–Crippen MR) is 180 cm³/mol. The molecule has 4 aliphatic rings.